The smallest absolute Gasteiger partial charge is 0.177 e. The van der Waals surface area contributed by atoms with Crippen molar-refractivity contribution in [1.29, 1.82) is 0 Å². The quantitative estimate of drug-likeness (QED) is 0.678. The summed E-state index contributed by atoms with van der Waals surface area (Å²) in [5, 5.41) is 1.69. The van der Waals surface area contributed by atoms with Crippen LogP contribution in [0.15, 0.2) is 71.0 Å². The number of nitrogens with zero attached hydrogens (tertiary/aromatic N) is 2. The Morgan fingerprint density at radius 1 is 1.00 bits per heavy atom. The van der Waals surface area contributed by atoms with Crippen LogP contribution in [0, 0.1) is 6.92 Å². The highest BCUT2D eigenvalue weighted by molar-refractivity contribution is 7.99. The molecule has 0 spiro atoms. The van der Waals surface area contributed by atoms with E-state index >= 15 is 0 Å². The van der Waals surface area contributed by atoms with E-state index in [1.54, 1.807) is 11.8 Å². The Balaban J connectivity index is 1.90. The van der Waals surface area contributed by atoms with Gasteiger partial charge in [-0.3, -0.25) is 4.57 Å². The van der Waals surface area contributed by atoms with Crippen LogP contribution in [0.25, 0.3) is 5.69 Å². The average Bonchev–Trinajstić information content (AvgIpc) is 2.90. The highest BCUT2D eigenvalue weighted by Gasteiger charge is 2.07. The van der Waals surface area contributed by atoms with E-state index in [9.17, 15) is 0 Å². The van der Waals surface area contributed by atoms with E-state index in [0.29, 0.717) is 0 Å². The van der Waals surface area contributed by atoms with Gasteiger partial charge in [0, 0.05) is 28.0 Å². The number of rotatable bonds is 3. The Morgan fingerprint density at radius 2 is 1.70 bits per heavy atom. The van der Waals surface area contributed by atoms with Gasteiger partial charge in [-0.1, -0.05) is 41.1 Å². The van der Waals surface area contributed by atoms with Gasteiger partial charge in [0.1, 0.15) is 0 Å². The van der Waals surface area contributed by atoms with Crippen molar-refractivity contribution in [3.63, 3.8) is 0 Å². The second-order valence-corrected chi connectivity index (χ2v) is 5.95. The number of benzene rings is 2. The van der Waals surface area contributed by atoms with Crippen molar-refractivity contribution in [2.24, 2.45) is 0 Å². The summed E-state index contributed by atoms with van der Waals surface area (Å²) in [4.78, 5) is 5.55. The monoisotopic (exact) mass is 300 g/mol. The Morgan fingerprint density at radius 3 is 2.40 bits per heavy atom. The third-order valence-corrected chi connectivity index (χ3v) is 4.19. The number of hydrogen-bond acceptors (Lipinski definition) is 2. The first-order valence-electron chi connectivity index (χ1n) is 6.26. The highest BCUT2D eigenvalue weighted by atomic mass is 35.5. The van der Waals surface area contributed by atoms with Gasteiger partial charge in [-0.25, -0.2) is 4.98 Å². The fourth-order valence-corrected chi connectivity index (χ4v) is 2.86. The summed E-state index contributed by atoms with van der Waals surface area (Å²) < 4.78 is 2.08. The van der Waals surface area contributed by atoms with Gasteiger partial charge >= 0.3 is 0 Å². The lowest BCUT2D eigenvalue weighted by molar-refractivity contribution is 0.895. The highest BCUT2D eigenvalue weighted by Crippen LogP contribution is 2.29. The molecule has 100 valence electrons. The van der Waals surface area contributed by atoms with Crippen molar-refractivity contribution in [3.8, 4) is 5.69 Å². The van der Waals surface area contributed by atoms with Crippen molar-refractivity contribution in [2.75, 3.05) is 0 Å². The van der Waals surface area contributed by atoms with E-state index in [0.717, 1.165) is 20.8 Å². The van der Waals surface area contributed by atoms with Gasteiger partial charge in [0.25, 0.3) is 0 Å². The molecule has 2 nitrogen and oxygen atoms in total. The molecule has 3 aromatic rings. The fourth-order valence-electron chi connectivity index (χ4n) is 1.88. The maximum Gasteiger partial charge on any atom is 0.177 e. The van der Waals surface area contributed by atoms with E-state index in [2.05, 4.69) is 40.7 Å². The summed E-state index contributed by atoms with van der Waals surface area (Å²) in [5.74, 6) is 0. The fraction of sp³-hybridized carbons (Fsp3) is 0.0625. The first-order valence-corrected chi connectivity index (χ1v) is 7.45. The van der Waals surface area contributed by atoms with Crippen LogP contribution in [0.4, 0.5) is 0 Å². The predicted molar refractivity (Wildman–Crippen MR) is 83.9 cm³/mol. The standard InChI is InChI=1S/C16H13ClN2S/c1-12-2-6-14(7-3-12)19-11-10-18-16(19)20-15-8-4-13(17)5-9-15/h2-11H,1H3. The van der Waals surface area contributed by atoms with E-state index in [4.69, 9.17) is 11.6 Å². The van der Waals surface area contributed by atoms with E-state index in [1.807, 2.05) is 36.7 Å². The molecule has 0 N–H and O–H groups in total. The first-order chi connectivity index (χ1) is 9.72. The average molecular weight is 301 g/mol. The molecule has 0 fully saturated rings. The summed E-state index contributed by atoms with van der Waals surface area (Å²) in [6.45, 7) is 2.08. The molecule has 0 atom stereocenters. The van der Waals surface area contributed by atoms with Crippen molar-refractivity contribution < 1.29 is 0 Å². The lowest BCUT2D eigenvalue weighted by Gasteiger charge is -2.07. The summed E-state index contributed by atoms with van der Waals surface area (Å²) in [6, 6.07) is 16.2. The van der Waals surface area contributed by atoms with Crippen molar-refractivity contribution >= 4 is 23.4 Å². The zero-order valence-electron chi connectivity index (χ0n) is 11.0. The van der Waals surface area contributed by atoms with Gasteiger partial charge in [0.05, 0.1) is 0 Å². The summed E-state index contributed by atoms with van der Waals surface area (Å²) in [7, 11) is 0. The Labute approximate surface area is 127 Å². The van der Waals surface area contributed by atoms with E-state index < -0.39 is 0 Å². The van der Waals surface area contributed by atoms with Crippen LogP contribution in [0.3, 0.4) is 0 Å². The van der Waals surface area contributed by atoms with Crippen molar-refractivity contribution in [2.45, 2.75) is 17.0 Å². The number of aryl methyl sites for hydroxylation is 1. The molecule has 1 aromatic heterocycles. The van der Waals surface area contributed by atoms with Crippen LogP contribution in [0.5, 0.6) is 0 Å². The zero-order valence-corrected chi connectivity index (χ0v) is 12.5. The zero-order chi connectivity index (χ0) is 13.9. The van der Waals surface area contributed by atoms with Crippen LogP contribution in [0.1, 0.15) is 5.56 Å². The maximum absolute atomic E-state index is 5.91. The number of aromatic nitrogens is 2. The van der Waals surface area contributed by atoms with Gasteiger partial charge in [0.2, 0.25) is 0 Å². The molecule has 0 saturated heterocycles. The molecule has 0 aliphatic rings. The Hall–Kier alpha value is -1.71. The van der Waals surface area contributed by atoms with E-state index in [-0.39, 0.29) is 0 Å². The first kappa shape index (κ1) is 13.3. The minimum absolute atomic E-state index is 0.747. The molecule has 4 heteroatoms. The molecular formula is C16H13ClN2S. The molecule has 3 rings (SSSR count). The largest absolute Gasteiger partial charge is 0.295 e. The summed E-state index contributed by atoms with van der Waals surface area (Å²) in [6.07, 6.45) is 3.79. The molecule has 0 amide bonds. The van der Waals surface area contributed by atoms with Gasteiger partial charge in [-0.2, -0.15) is 0 Å². The normalized spacial score (nSPS) is 10.7. The minimum Gasteiger partial charge on any atom is -0.295 e. The Bertz CT molecular complexity index is 702. The molecule has 2 aromatic carbocycles. The number of hydrogen-bond donors (Lipinski definition) is 0. The summed E-state index contributed by atoms with van der Waals surface area (Å²) in [5.41, 5.74) is 2.37. The molecule has 0 aliphatic heterocycles. The molecule has 0 bridgehead atoms. The summed E-state index contributed by atoms with van der Waals surface area (Å²) >= 11 is 7.53. The molecule has 0 saturated carbocycles. The topological polar surface area (TPSA) is 17.8 Å². The second-order valence-electron chi connectivity index (χ2n) is 4.47. The van der Waals surface area contributed by atoms with Crippen LogP contribution in [-0.4, -0.2) is 9.55 Å². The lowest BCUT2D eigenvalue weighted by atomic mass is 10.2. The van der Waals surface area contributed by atoms with E-state index in [1.165, 1.54) is 5.56 Å². The van der Waals surface area contributed by atoms with Gasteiger partial charge in [0.15, 0.2) is 5.16 Å². The molecular weight excluding hydrogens is 288 g/mol. The third-order valence-electron chi connectivity index (χ3n) is 2.94. The molecule has 0 aliphatic carbocycles. The lowest BCUT2D eigenvalue weighted by Crippen LogP contribution is -1.94. The predicted octanol–water partition coefficient (Wildman–Crippen LogP) is 4.99. The minimum atomic E-state index is 0.747. The molecule has 0 radical (unpaired) electrons. The maximum atomic E-state index is 5.91. The van der Waals surface area contributed by atoms with Crippen LogP contribution in [0.2, 0.25) is 5.02 Å². The van der Waals surface area contributed by atoms with Crippen LogP contribution < -0.4 is 0 Å². The van der Waals surface area contributed by atoms with Gasteiger partial charge in [-0.05, 0) is 43.3 Å². The molecule has 0 unspecified atom stereocenters. The van der Waals surface area contributed by atoms with Crippen LogP contribution in [-0.2, 0) is 0 Å². The molecule has 1 heterocycles. The third kappa shape index (κ3) is 2.89. The van der Waals surface area contributed by atoms with Crippen molar-refractivity contribution in [1.82, 2.24) is 9.55 Å². The van der Waals surface area contributed by atoms with Gasteiger partial charge in [-0.15, -0.1) is 0 Å². The SMILES string of the molecule is Cc1ccc(-n2ccnc2Sc2ccc(Cl)cc2)cc1. The van der Waals surface area contributed by atoms with Crippen molar-refractivity contribution in [3.05, 3.63) is 71.5 Å². The second kappa shape index (κ2) is 5.73. The number of imidazole rings is 1. The number of halogens is 1. The van der Waals surface area contributed by atoms with Crippen LogP contribution >= 0.6 is 23.4 Å². The Kier molecular flexibility index (Phi) is 3.81. The van der Waals surface area contributed by atoms with Gasteiger partial charge < -0.3 is 0 Å². The molecule has 20 heavy (non-hydrogen) atoms.